The van der Waals surface area contributed by atoms with Crippen LogP contribution in [0.4, 0.5) is 11.4 Å². The van der Waals surface area contributed by atoms with E-state index in [-0.39, 0.29) is 11.5 Å². The molecule has 0 saturated carbocycles. The van der Waals surface area contributed by atoms with Crippen molar-refractivity contribution in [3.63, 3.8) is 0 Å². The number of hydrogen-bond acceptors (Lipinski definition) is 6. The lowest BCUT2D eigenvalue weighted by Gasteiger charge is -2.16. The van der Waals surface area contributed by atoms with Crippen molar-refractivity contribution in [1.82, 2.24) is 9.47 Å². The molecule has 0 spiro atoms. The van der Waals surface area contributed by atoms with Gasteiger partial charge < -0.3 is 9.80 Å². The molecule has 1 aromatic heterocycles. The summed E-state index contributed by atoms with van der Waals surface area (Å²) >= 11 is 8.49. The molecule has 5 rings (SSSR count). The molecule has 2 aromatic carbocycles. The Morgan fingerprint density at radius 3 is 2.39 bits per heavy atom. The number of nitrogens with zero attached hydrogens (tertiary/aromatic N) is 4. The number of allylic oxidation sites excluding steroid dienone is 1. The van der Waals surface area contributed by atoms with Crippen molar-refractivity contribution < 1.29 is 4.79 Å². The Hall–Kier alpha value is -3.14. The number of thiocarbonyl (C=S) groups is 1. The number of anilines is 2. The number of likely N-dealkylation sites (N-methyl/N-ethyl adjacent to an activating group) is 1. The fraction of sp³-hybridized carbons (Fsp3) is 0.125. The molecule has 33 heavy (non-hydrogen) atoms. The molecule has 2 aliphatic heterocycles. The van der Waals surface area contributed by atoms with E-state index in [4.69, 9.17) is 12.2 Å². The topological polar surface area (TPSA) is 48.8 Å². The lowest BCUT2D eigenvalue weighted by molar-refractivity contribution is -0.112. The minimum absolute atomic E-state index is 0.144. The minimum atomic E-state index is -0.250. The van der Waals surface area contributed by atoms with Gasteiger partial charge in [-0.15, -0.1) is 17.9 Å². The van der Waals surface area contributed by atoms with E-state index in [1.165, 1.54) is 16.2 Å². The molecule has 166 valence electrons. The molecule has 6 nitrogen and oxygen atoms in total. The van der Waals surface area contributed by atoms with Gasteiger partial charge in [-0.25, -0.2) is 0 Å². The molecule has 1 fully saturated rings. The number of rotatable bonds is 3. The monoisotopic (exact) mass is 492 g/mol. The van der Waals surface area contributed by atoms with Gasteiger partial charge in [0.05, 0.1) is 11.4 Å². The number of fused-ring (bicyclic) bond motifs is 1. The second-order valence-electron chi connectivity index (χ2n) is 7.54. The lowest BCUT2D eigenvalue weighted by Crippen LogP contribution is -2.35. The second kappa shape index (κ2) is 8.33. The van der Waals surface area contributed by atoms with Gasteiger partial charge in [-0.1, -0.05) is 48.2 Å². The number of aromatic nitrogens is 1. The van der Waals surface area contributed by atoms with E-state index in [0.29, 0.717) is 32.2 Å². The van der Waals surface area contributed by atoms with E-state index >= 15 is 0 Å². The lowest BCUT2D eigenvalue weighted by atomic mass is 10.3. The van der Waals surface area contributed by atoms with Gasteiger partial charge >= 0.3 is 0 Å². The van der Waals surface area contributed by atoms with Crippen LogP contribution < -0.4 is 24.6 Å². The van der Waals surface area contributed by atoms with Gasteiger partial charge in [0.2, 0.25) is 0 Å². The van der Waals surface area contributed by atoms with Gasteiger partial charge in [-0.2, -0.15) is 0 Å². The molecule has 0 radical (unpaired) electrons. The number of hydrogen-bond donors (Lipinski definition) is 0. The summed E-state index contributed by atoms with van der Waals surface area (Å²) in [4.78, 5) is 33.4. The van der Waals surface area contributed by atoms with E-state index in [1.54, 1.807) is 34.4 Å². The van der Waals surface area contributed by atoms with Crippen LogP contribution in [0.25, 0.3) is 10.7 Å². The van der Waals surface area contributed by atoms with Gasteiger partial charge in [0, 0.05) is 25.5 Å². The third-order valence-electron chi connectivity index (χ3n) is 5.56. The van der Waals surface area contributed by atoms with Crippen LogP contribution in [0.2, 0.25) is 0 Å². The third-order valence-corrected chi connectivity index (χ3v) is 8.56. The number of benzene rings is 2. The van der Waals surface area contributed by atoms with E-state index in [9.17, 15) is 9.59 Å². The summed E-state index contributed by atoms with van der Waals surface area (Å²) in [5.41, 5.74) is 2.00. The summed E-state index contributed by atoms with van der Waals surface area (Å²) in [6.07, 6.45) is 1.67. The highest BCUT2D eigenvalue weighted by Crippen LogP contribution is 2.44. The van der Waals surface area contributed by atoms with E-state index in [2.05, 4.69) is 6.58 Å². The SMILES string of the molecule is C=CCn1c(=C2C(=O)N(c3ccccc3)C(=S)N2C)sc(=C2Sc3ccccc3N2C)c1=O. The molecule has 0 unspecified atom stereocenters. The van der Waals surface area contributed by atoms with Crippen molar-refractivity contribution in [2.75, 3.05) is 23.9 Å². The fourth-order valence-corrected chi connectivity index (χ4v) is 6.75. The van der Waals surface area contributed by atoms with Crippen LogP contribution >= 0.6 is 35.3 Å². The van der Waals surface area contributed by atoms with Crippen LogP contribution in [-0.2, 0) is 11.3 Å². The van der Waals surface area contributed by atoms with Gasteiger partial charge in [0.1, 0.15) is 19.9 Å². The molecule has 1 saturated heterocycles. The number of carbonyl (C=O) groups is 1. The number of carbonyl (C=O) groups excluding carboxylic acids is 1. The maximum absolute atomic E-state index is 13.6. The van der Waals surface area contributed by atoms with Crippen LogP contribution in [-0.4, -0.2) is 34.6 Å². The summed E-state index contributed by atoms with van der Waals surface area (Å²) in [6.45, 7) is 4.11. The zero-order chi connectivity index (χ0) is 23.3. The van der Waals surface area contributed by atoms with Crippen molar-refractivity contribution in [3.8, 4) is 0 Å². The summed E-state index contributed by atoms with van der Waals surface area (Å²) in [5.74, 6) is -0.250. The van der Waals surface area contributed by atoms with Gasteiger partial charge in [-0.05, 0) is 36.5 Å². The molecule has 0 aliphatic carbocycles. The number of amides is 1. The third kappa shape index (κ3) is 3.35. The quantitative estimate of drug-likeness (QED) is 0.414. The summed E-state index contributed by atoms with van der Waals surface area (Å²) in [6, 6.07) is 17.3. The number of thiazole rings is 1. The Labute approximate surface area is 204 Å². The Bertz CT molecular complexity index is 1490. The fourth-order valence-electron chi connectivity index (χ4n) is 3.94. The van der Waals surface area contributed by atoms with Crippen LogP contribution in [0, 0.1) is 0 Å². The zero-order valence-electron chi connectivity index (χ0n) is 18.0. The molecule has 9 heteroatoms. The highest BCUT2D eigenvalue weighted by Gasteiger charge is 2.38. The highest BCUT2D eigenvalue weighted by atomic mass is 32.2. The Morgan fingerprint density at radius 1 is 1.00 bits per heavy atom. The van der Waals surface area contributed by atoms with Crippen molar-refractivity contribution in [3.05, 3.63) is 86.8 Å². The van der Waals surface area contributed by atoms with Crippen molar-refractivity contribution >= 4 is 68.4 Å². The molecule has 0 bridgehead atoms. The predicted octanol–water partition coefficient (Wildman–Crippen LogP) is 2.78. The van der Waals surface area contributed by atoms with Gasteiger partial charge in [-0.3, -0.25) is 19.1 Å². The van der Waals surface area contributed by atoms with Crippen LogP contribution in [0.5, 0.6) is 0 Å². The van der Waals surface area contributed by atoms with Crippen molar-refractivity contribution in [2.45, 2.75) is 11.4 Å². The van der Waals surface area contributed by atoms with E-state index in [0.717, 1.165) is 15.6 Å². The first-order valence-electron chi connectivity index (χ1n) is 10.2. The second-order valence-corrected chi connectivity index (χ2v) is 9.94. The molecule has 3 aromatic rings. The van der Waals surface area contributed by atoms with Gasteiger partial charge in [0.25, 0.3) is 11.5 Å². The average molecular weight is 493 g/mol. The summed E-state index contributed by atoms with van der Waals surface area (Å²) in [7, 11) is 3.72. The molecule has 1 amide bonds. The molecule has 0 N–H and O–H groups in total. The van der Waals surface area contributed by atoms with E-state index < -0.39 is 0 Å². The first kappa shape index (κ1) is 21.7. The first-order chi connectivity index (χ1) is 15.9. The van der Waals surface area contributed by atoms with Crippen LogP contribution in [0.1, 0.15) is 0 Å². The standard InChI is InChI=1S/C24H20N4O2S3/c1-4-14-27-21(30)19(23-25(2)16-12-8-9-13-17(16)32-23)33-22(27)18-20(29)28(24(31)26(18)3)15-10-6-5-7-11-15/h4-13H,1,14H2,2-3H3. The largest absolute Gasteiger partial charge is 0.337 e. The normalized spacial score (nSPS) is 18.9. The average Bonchev–Trinajstić information content (AvgIpc) is 3.39. The molecular formula is C24H20N4O2S3. The molecule has 3 heterocycles. The first-order valence-corrected chi connectivity index (χ1v) is 12.2. The Morgan fingerprint density at radius 2 is 1.70 bits per heavy atom. The molecule has 2 aliphatic rings. The van der Waals surface area contributed by atoms with Crippen molar-refractivity contribution in [2.24, 2.45) is 0 Å². The zero-order valence-corrected chi connectivity index (χ0v) is 20.5. The van der Waals surface area contributed by atoms with E-state index in [1.807, 2.05) is 66.5 Å². The Kier molecular flexibility index (Phi) is 5.48. The maximum atomic E-state index is 13.6. The predicted molar refractivity (Wildman–Crippen MR) is 140 cm³/mol. The maximum Gasteiger partial charge on any atom is 0.284 e. The summed E-state index contributed by atoms with van der Waals surface area (Å²) < 4.78 is 2.77. The number of thioether (sulfide) groups is 1. The minimum Gasteiger partial charge on any atom is -0.337 e. The Balaban J connectivity index is 1.77. The smallest absolute Gasteiger partial charge is 0.284 e. The van der Waals surface area contributed by atoms with Crippen LogP contribution in [0.3, 0.4) is 0 Å². The highest BCUT2D eigenvalue weighted by molar-refractivity contribution is 8.08. The summed E-state index contributed by atoms with van der Waals surface area (Å²) in [5, 5.41) is 1.23. The van der Waals surface area contributed by atoms with Crippen LogP contribution in [0.15, 0.2) is 76.9 Å². The molecule has 0 atom stereocenters. The van der Waals surface area contributed by atoms with Gasteiger partial charge in [0.15, 0.2) is 5.11 Å². The molecular weight excluding hydrogens is 472 g/mol. The number of para-hydroxylation sites is 2. The van der Waals surface area contributed by atoms with Crippen molar-refractivity contribution in [1.29, 1.82) is 0 Å².